The molecule has 2 aliphatic heterocycles. The molecule has 4 heteroatoms. The van der Waals surface area contributed by atoms with E-state index < -0.39 is 0 Å². The second kappa shape index (κ2) is 5.83. The molecule has 3 rings (SSSR count). The number of rotatable bonds is 0. The molecule has 0 radical (unpaired) electrons. The Morgan fingerprint density at radius 1 is 0.682 bits per heavy atom. The summed E-state index contributed by atoms with van der Waals surface area (Å²) in [5.74, 6) is 0. The van der Waals surface area contributed by atoms with Gasteiger partial charge in [0.15, 0.2) is 11.4 Å². The second-order valence-electron chi connectivity index (χ2n) is 7.43. The lowest BCUT2D eigenvalue weighted by atomic mass is 9.78. The van der Waals surface area contributed by atoms with Gasteiger partial charge in [0.2, 0.25) is 11.4 Å². The molecule has 0 aliphatic carbocycles. The highest BCUT2D eigenvalue weighted by Gasteiger charge is 2.48. The Kier molecular flexibility index (Phi) is 5.32. The molecule has 2 aliphatic rings. The number of hydrogen-bond acceptors (Lipinski definition) is 0. The molecule has 2 nitrogen and oxygen atoms in total. The Bertz CT molecular complexity index is 648. The zero-order chi connectivity index (χ0) is 15.0. The van der Waals surface area contributed by atoms with Crippen LogP contribution in [0.4, 0.5) is 11.4 Å². The molecule has 0 amide bonds. The molecule has 22 heavy (non-hydrogen) atoms. The fourth-order valence-electron chi connectivity index (χ4n) is 3.72. The topological polar surface area (TPSA) is 6.02 Å². The van der Waals surface area contributed by atoms with Gasteiger partial charge >= 0.3 is 0 Å². The third-order valence-electron chi connectivity index (χ3n) is 6.00. The first-order valence-electron chi connectivity index (χ1n) is 7.44. The first-order chi connectivity index (χ1) is 9.10. The van der Waals surface area contributed by atoms with E-state index in [4.69, 9.17) is 0 Å². The number of fused-ring (bicyclic) bond motifs is 2. The summed E-state index contributed by atoms with van der Waals surface area (Å²) in [6.07, 6.45) is 0. The highest BCUT2D eigenvalue weighted by atomic mass is 127. The minimum Gasteiger partial charge on any atom is -1.00 e. The van der Waals surface area contributed by atoms with Crippen molar-refractivity contribution in [2.45, 2.75) is 52.4 Å². The standard InChI is InChI=1S/C18H26N2.2HI/c1-11-17(3,4)13-9-16-14(10-15(13)19(11)7)18(5,6)12(2)20(16)8;;/h9-10H,1-8H3;2*1H/q+2;;/p-2. The smallest absolute Gasteiger partial charge is 0.210 e. The number of hydrogen-bond donors (Lipinski definition) is 0. The van der Waals surface area contributed by atoms with Gasteiger partial charge in [-0.3, -0.25) is 0 Å². The van der Waals surface area contributed by atoms with Gasteiger partial charge in [0, 0.05) is 37.1 Å². The maximum atomic E-state index is 2.41. The Morgan fingerprint density at radius 3 is 1.23 bits per heavy atom. The summed E-state index contributed by atoms with van der Waals surface area (Å²) in [7, 11) is 4.38. The van der Waals surface area contributed by atoms with Gasteiger partial charge in [0.05, 0.1) is 10.8 Å². The van der Waals surface area contributed by atoms with Gasteiger partial charge in [-0.25, -0.2) is 9.15 Å². The predicted octanol–water partition coefficient (Wildman–Crippen LogP) is -2.25. The van der Waals surface area contributed by atoms with E-state index in [0.29, 0.717) is 0 Å². The Hall–Kier alpha value is 0.0200. The molecular weight excluding hydrogens is 498 g/mol. The highest BCUT2D eigenvalue weighted by molar-refractivity contribution is 5.97. The molecule has 1 aromatic rings. The minimum atomic E-state index is 0. The zero-order valence-corrected chi connectivity index (χ0v) is 19.1. The zero-order valence-electron chi connectivity index (χ0n) is 14.8. The molecule has 0 bridgehead atoms. The van der Waals surface area contributed by atoms with Crippen LogP contribution in [0.2, 0.25) is 0 Å². The largest absolute Gasteiger partial charge is 1.00 e. The van der Waals surface area contributed by atoms with Crippen LogP contribution in [0.1, 0.15) is 52.7 Å². The molecule has 0 atom stereocenters. The molecule has 0 fully saturated rings. The first kappa shape index (κ1) is 20.1. The minimum absolute atomic E-state index is 0. The van der Waals surface area contributed by atoms with Crippen molar-refractivity contribution < 1.29 is 57.1 Å². The maximum Gasteiger partial charge on any atom is 0.210 e. The van der Waals surface area contributed by atoms with Crippen molar-refractivity contribution in [3.05, 3.63) is 23.3 Å². The predicted molar refractivity (Wildman–Crippen MR) is 85.5 cm³/mol. The van der Waals surface area contributed by atoms with E-state index in [1.807, 2.05) is 0 Å². The van der Waals surface area contributed by atoms with Crippen molar-refractivity contribution in [2.24, 2.45) is 0 Å². The second-order valence-corrected chi connectivity index (χ2v) is 7.43. The molecule has 0 spiro atoms. The summed E-state index contributed by atoms with van der Waals surface area (Å²) in [6, 6.07) is 4.83. The average molecular weight is 524 g/mol. The molecule has 122 valence electrons. The van der Waals surface area contributed by atoms with Crippen LogP contribution in [-0.2, 0) is 10.8 Å². The fourth-order valence-corrected chi connectivity index (χ4v) is 3.72. The van der Waals surface area contributed by atoms with Crippen molar-refractivity contribution in [3.8, 4) is 0 Å². The molecule has 0 saturated heterocycles. The van der Waals surface area contributed by atoms with Crippen molar-refractivity contribution in [1.82, 2.24) is 0 Å². The third-order valence-corrected chi connectivity index (χ3v) is 6.00. The summed E-state index contributed by atoms with van der Waals surface area (Å²) in [5, 5.41) is 0. The van der Waals surface area contributed by atoms with Gasteiger partial charge < -0.3 is 48.0 Å². The quantitative estimate of drug-likeness (QED) is 0.268. The molecular formula is C18H26I2N2. The van der Waals surface area contributed by atoms with E-state index in [0.717, 1.165) is 0 Å². The van der Waals surface area contributed by atoms with Gasteiger partial charge in [0.1, 0.15) is 14.1 Å². The van der Waals surface area contributed by atoms with E-state index in [9.17, 15) is 0 Å². The fraction of sp³-hybridized carbons (Fsp3) is 0.556. The molecule has 0 aromatic heterocycles. The molecule has 1 aromatic carbocycles. The van der Waals surface area contributed by atoms with E-state index in [-0.39, 0.29) is 58.8 Å². The van der Waals surface area contributed by atoms with Crippen LogP contribution < -0.4 is 48.0 Å². The van der Waals surface area contributed by atoms with E-state index in [1.165, 1.54) is 33.9 Å². The van der Waals surface area contributed by atoms with Crippen LogP contribution in [0.3, 0.4) is 0 Å². The number of halogens is 2. The normalized spacial score (nSPS) is 20.4. The van der Waals surface area contributed by atoms with Gasteiger partial charge in [-0.05, 0) is 27.7 Å². The lowest BCUT2D eigenvalue weighted by Gasteiger charge is -2.17. The molecule has 2 heterocycles. The van der Waals surface area contributed by atoms with E-state index in [2.05, 4.69) is 76.9 Å². The Morgan fingerprint density at radius 2 is 0.955 bits per heavy atom. The van der Waals surface area contributed by atoms with Crippen LogP contribution >= 0.6 is 0 Å². The summed E-state index contributed by atoms with van der Waals surface area (Å²) >= 11 is 0. The number of benzene rings is 1. The third kappa shape index (κ3) is 2.31. The van der Waals surface area contributed by atoms with Gasteiger partial charge in [-0.15, -0.1) is 0 Å². The maximum absolute atomic E-state index is 2.41. The lowest BCUT2D eigenvalue weighted by molar-refractivity contribution is -0.406. The van der Waals surface area contributed by atoms with Crippen LogP contribution in [0.5, 0.6) is 0 Å². The van der Waals surface area contributed by atoms with Crippen LogP contribution in [0.15, 0.2) is 12.1 Å². The van der Waals surface area contributed by atoms with Gasteiger partial charge in [-0.1, -0.05) is 0 Å². The van der Waals surface area contributed by atoms with Crippen LogP contribution in [0.25, 0.3) is 0 Å². The van der Waals surface area contributed by atoms with Crippen molar-refractivity contribution in [3.63, 3.8) is 0 Å². The summed E-state index contributed by atoms with van der Waals surface area (Å²) in [5.41, 5.74) is 8.77. The molecule has 0 unspecified atom stereocenters. The average Bonchev–Trinajstić information content (AvgIpc) is 2.67. The van der Waals surface area contributed by atoms with Crippen LogP contribution in [0, 0.1) is 0 Å². The first-order valence-corrected chi connectivity index (χ1v) is 7.44. The summed E-state index contributed by atoms with van der Waals surface area (Å²) < 4.78 is 4.72. The van der Waals surface area contributed by atoms with Gasteiger partial charge in [-0.2, -0.15) is 0 Å². The Labute approximate surface area is 168 Å². The number of nitrogens with zero attached hydrogens (tertiary/aromatic N) is 2. The Balaban J connectivity index is 0.00000121. The SMILES string of the molecule is CC1=[N+](C)c2cc3c(cc2C1(C)C)[N+](C)=C(C)C3(C)C.[I-].[I-]. The van der Waals surface area contributed by atoms with Crippen molar-refractivity contribution in [1.29, 1.82) is 0 Å². The molecule has 0 saturated carbocycles. The van der Waals surface area contributed by atoms with Crippen molar-refractivity contribution in [2.75, 3.05) is 14.1 Å². The van der Waals surface area contributed by atoms with Crippen LogP contribution in [-0.4, -0.2) is 34.7 Å². The van der Waals surface area contributed by atoms with Gasteiger partial charge in [0.25, 0.3) is 0 Å². The molecule has 0 N–H and O–H groups in total. The summed E-state index contributed by atoms with van der Waals surface area (Å²) in [6.45, 7) is 13.8. The monoisotopic (exact) mass is 524 g/mol. The van der Waals surface area contributed by atoms with Crippen molar-refractivity contribution >= 4 is 22.8 Å². The lowest BCUT2D eigenvalue weighted by Crippen LogP contribution is -3.00. The van der Waals surface area contributed by atoms with E-state index >= 15 is 0 Å². The highest BCUT2D eigenvalue weighted by Crippen LogP contribution is 2.47. The van der Waals surface area contributed by atoms with E-state index in [1.54, 1.807) is 0 Å². The summed E-state index contributed by atoms with van der Waals surface area (Å²) in [4.78, 5) is 0.